The van der Waals surface area contributed by atoms with Crippen LogP contribution in [0.1, 0.15) is 22.7 Å². The molecule has 0 saturated heterocycles. The molecule has 2 N–H and O–H groups in total. The van der Waals surface area contributed by atoms with Crippen LogP contribution in [-0.2, 0) is 13.1 Å². The number of aromatic nitrogens is 2. The molecule has 0 aromatic carbocycles. The molecule has 0 aliphatic carbocycles. The SMILES string of the molecule is Cc1ncn(Cc2ccoc2CN)c1C. The molecule has 0 fully saturated rings. The Kier molecular flexibility index (Phi) is 2.60. The van der Waals surface area contributed by atoms with Gasteiger partial charge in [0, 0.05) is 11.3 Å². The second-order valence-corrected chi connectivity index (χ2v) is 3.62. The van der Waals surface area contributed by atoms with Crippen molar-refractivity contribution in [3.05, 3.63) is 41.4 Å². The average Bonchev–Trinajstić information content (AvgIpc) is 2.80. The van der Waals surface area contributed by atoms with Gasteiger partial charge in [-0.05, 0) is 19.9 Å². The predicted octanol–water partition coefficient (Wildman–Crippen LogP) is 1.60. The number of hydrogen-bond donors (Lipinski definition) is 1. The van der Waals surface area contributed by atoms with Crippen molar-refractivity contribution in [1.82, 2.24) is 9.55 Å². The summed E-state index contributed by atoms with van der Waals surface area (Å²) in [6, 6.07) is 1.96. The molecule has 0 bridgehead atoms. The number of aryl methyl sites for hydroxylation is 1. The molecule has 2 rings (SSSR count). The average molecular weight is 205 g/mol. The van der Waals surface area contributed by atoms with Gasteiger partial charge in [0.15, 0.2) is 0 Å². The molecule has 80 valence electrons. The van der Waals surface area contributed by atoms with E-state index in [0.29, 0.717) is 6.54 Å². The smallest absolute Gasteiger partial charge is 0.122 e. The minimum absolute atomic E-state index is 0.440. The summed E-state index contributed by atoms with van der Waals surface area (Å²) in [6.45, 7) is 5.28. The van der Waals surface area contributed by atoms with Crippen LogP contribution in [0.4, 0.5) is 0 Å². The van der Waals surface area contributed by atoms with Crippen molar-refractivity contribution in [1.29, 1.82) is 0 Å². The van der Waals surface area contributed by atoms with Gasteiger partial charge in [-0.2, -0.15) is 0 Å². The molecule has 15 heavy (non-hydrogen) atoms. The summed E-state index contributed by atoms with van der Waals surface area (Å²) >= 11 is 0. The fraction of sp³-hybridized carbons (Fsp3) is 0.364. The minimum atomic E-state index is 0.440. The van der Waals surface area contributed by atoms with E-state index in [1.807, 2.05) is 19.3 Å². The Bertz CT molecular complexity index is 456. The minimum Gasteiger partial charge on any atom is -0.468 e. The van der Waals surface area contributed by atoms with E-state index < -0.39 is 0 Å². The monoisotopic (exact) mass is 205 g/mol. The van der Waals surface area contributed by atoms with E-state index >= 15 is 0 Å². The van der Waals surface area contributed by atoms with E-state index in [2.05, 4.69) is 16.5 Å². The van der Waals surface area contributed by atoms with Crippen molar-refractivity contribution in [3.8, 4) is 0 Å². The first-order chi connectivity index (χ1) is 7.22. The van der Waals surface area contributed by atoms with Crippen LogP contribution in [-0.4, -0.2) is 9.55 Å². The van der Waals surface area contributed by atoms with E-state index in [0.717, 1.165) is 23.6 Å². The van der Waals surface area contributed by atoms with Crippen LogP contribution in [0.5, 0.6) is 0 Å². The van der Waals surface area contributed by atoms with Gasteiger partial charge in [-0.25, -0.2) is 4.98 Å². The Morgan fingerprint density at radius 2 is 2.27 bits per heavy atom. The van der Waals surface area contributed by atoms with Crippen LogP contribution in [0.25, 0.3) is 0 Å². The van der Waals surface area contributed by atoms with Gasteiger partial charge in [0.05, 0.1) is 31.4 Å². The standard InChI is InChI=1S/C11H15N3O/c1-8-9(2)14(7-13-8)6-10-3-4-15-11(10)5-12/h3-4,7H,5-6,12H2,1-2H3. The lowest BCUT2D eigenvalue weighted by Crippen LogP contribution is -2.04. The van der Waals surface area contributed by atoms with E-state index in [1.54, 1.807) is 6.26 Å². The van der Waals surface area contributed by atoms with Crippen LogP contribution in [0.15, 0.2) is 23.1 Å². The molecule has 0 amide bonds. The summed E-state index contributed by atoms with van der Waals surface area (Å²) in [5, 5.41) is 0. The van der Waals surface area contributed by atoms with Crippen molar-refractivity contribution >= 4 is 0 Å². The molecule has 2 heterocycles. The molecular weight excluding hydrogens is 190 g/mol. The van der Waals surface area contributed by atoms with E-state index in [1.165, 1.54) is 5.69 Å². The van der Waals surface area contributed by atoms with E-state index in [4.69, 9.17) is 10.2 Å². The zero-order valence-corrected chi connectivity index (χ0v) is 9.03. The van der Waals surface area contributed by atoms with Gasteiger partial charge in [-0.15, -0.1) is 0 Å². The molecule has 2 aromatic heterocycles. The zero-order valence-electron chi connectivity index (χ0n) is 9.03. The van der Waals surface area contributed by atoms with Crippen LogP contribution in [0, 0.1) is 13.8 Å². The molecule has 0 spiro atoms. The van der Waals surface area contributed by atoms with Crippen LogP contribution in [0.3, 0.4) is 0 Å². The van der Waals surface area contributed by atoms with Gasteiger partial charge in [0.1, 0.15) is 5.76 Å². The quantitative estimate of drug-likeness (QED) is 0.828. The second-order valence-electron chi connectivity index (χ2n) is 3.62. The third-order valence-corrected chi connectivity index (χ3v) is 2.71. The number of nitrogens with zero attached hydrogens (tertiary/aromatic N) is 2. The Hall–Kier alpha value is -1.55. The predicted molar refractivity (Wildman–Crippen MR) is 57.4 cm³/mol. The van der Waals surface area contributed by atoms with Gasteiger partial charge in [0.25, 0.3) is 0 Å². The fourth-order valence-electron chi connectivity index (χ4n) is 1.57. The van der Waals surface area contributed by atoms with E-state index in [9.17, 15) is 0 Å². The summed E-state index contributed by atoms with van der Waals surface area (Å²) in [5.41, 5.74) is 8.94. The summed E-state index contributed by atoms with van der Waals surface area (Å²) in [5.74, 6) is 0.848. The fourth-order valence-corrected chi connectivity index (χ4v) is 1.57. The van der Waals surface area contributed by atoms with Crippen molar-refractivity contribution in [2.45, 2.75) is 26.9 Å². The van der Waals surface area contributed by atoms with Crippen molar-refractivity contribution in [2.24, 2.45) is 5.73 Å². The molecule has 4 heteroatoms. The van der Waals surface area contributed by atoms with Gasteiger partial charge in [0.2, 0.25) is 0 Å². The summed E-state index contributed by atoms with van der Waals surface area (Å²) < 4.78 is 7.37. The third-order valence-electron chi connectivity index (χ3n) is 2.71. The van der Waals surface area contributed by atoms with Crippen LogP contribution >= 0.6 is 0 Å². The maximum absolute atomic E-state index is 5.57. The lowest BCUT2D eigenvalue weighted by molar-refractivity contribution is 0.505. The highest BCUT2D eigenvalue weighted by atomic mass is 16.3. The third kappa shape index (κ3) is 1.80. The number of nitrogens with two attached hydrogens (primary N) is 1. The largest absolute Gasteiger partial charge is 0.468 e. The second kappa shape index (κ2) is 3.90. The first-order valence-electron chi connectivity index (χ1n) is 4.96. The highest BCUT2D eigenvalue weighted by Crippen LogP contribution is 2.13. The number of rotatable bonds is 3. The van der Waals surface area contributed by atoms with Gasteiger partial charge in [-0.1, -0.05) is 0 Å². The highest BCUT2D eigenvalue weighted by Gasteiger charge is 2.07. The normalized spacial score (nSPS) is 10.9. The Labute approximate surface area is 88.7 Å². The molecule has 2 aromatic rings. The number of imidazole rings is 1. The highest BCUT2D eigenvalue weighted by molar-refractivity contribution is 5.19. The Balaban J connectivity index is 2.25. The number of furan rings is 1. The molecule has 0 saturated carbocycles. The lowest BCUT2D eigenvalue weighted by atomic mass is 10.2. The number of hydrogen-bond acceptors (Lipinski definition) is 3. The van der Waals surface area contributed by atoms with Crippen molar-refractivity contribution in [3.63, 3.8) is 0 Å². The Morgan fingerprint density at radius 3 is 2.87 bits per heavy atom. The molecule has 4 nitrogen and oxygen atoms in total. The van der Waals surface area contributed by atoms with Gasteiger partial charge in [-0.3, -0.25) is 0 Å². The van der Waals surface area contributed by atoms with Crippen LogP contribution in [0.2, 0.25) is 0 Å². The molecule has 0 unspecified atom stereocenters. The maximum Gasteiger partial charge on any atom is 0.122 e. The lowest BCUT2D eigenvalue weighted by Gasteiger charge is -2.04. The van der Waals surface area contributed by atoms with Gasteiger partial charge < -0.3 is 14.7 Å². The van der Waals surface area contributed by atoms with Crippen LogP contribution < -0.4 is 5.73 Å². The van der Waals surface area contributed by atoms with Crippen molar-refractivity contribution in [2.75, 3.05) is 0 Å². The molecular formula is C11H15N3O. The first-order valence-corrected chi connectivity index (χ1v) is 4.96. The van der Waals surface area contributed by atoms with Gasteiger partial charge >= 0.3 is 0 Å². The molecule has 0 atom stereocenters. The summed E-state index contributed by atoms with van der Waals surface area (Å²) in [6.07, 6.45) is 3.52. The zero-order chi connectivity index (χ0) is 10.8. The maximum atomic E-state index is 5.57. The Morgan fingerprint density at radius 1 is 1.47 bits per heavy atom. The van der Waals surface area contributed by atoms with E-state index in [-0.39, 0.29) is 0 Å². The van der Waals surface area contributed by atoms with Crippen molar-refractivity contribution < 1.29 is 4.42 Å². The molecule has 0 aliphatic rings. The molecule has 0 aliphatic heterocycles. The molecule has 0 radical (unpaired) electrons. The first kappa shape index (κ1) is 9.98. The topological polar surface area (TPSA) is 57.0 Å². The summed E-state index contributed by atoms with van der Waals surface area (Å²) in [7, 11) is 0. The summed E-state index contributed by atoms with van der Waals surface area (Å²) in [4.78, 5) is 4.25.